The van der Waals surface area contributed by atoms with Crippen molar-refractivity contribution in [1.29, 1.82) is 0 Å². The zero-order chi connectivity index (χ0) is 39.7. The molecule has 0 radical (unpaired) electrons. The molecule has 0 saturated carbocycles. The van der Waals surface area contributed by atoms with Crippen molar-refractivity contribution in [3.05, 3.63) is 58.3 Å². The fourth-order valence-corrected chi connectivity index (χ4v) is 4.25. The van der Waals surface area contributed by atoms with Gasteiger partial charge in [-0.1, -0.05) is 179 Å². The highest BCUT2D eigenvalue weighted by molar-refractivity contribution is 6.00. The molecule has 0 spiro atoms. The van der Waals surface area contributed by atoms with Crippen molar-refractivity contribution in [2.24, 2.45) is 10.8 Å². The van der Waals surface area contributed by atoms with E-state index in [0.29, 0.717) is 17.3 Å². The molecule has 1 aliphatic rings. The van der Waals surface area contributed by atoms with Crippen LogP contribution in [0.5, 0.6) is 0 Å². The summed E-state index contributed by atoms with van der Waals surface area (Å²) in [6, 6.07) is 10.6. The Bertz CT molecular complexity index is 1220. The molecule has 0 bridgehead atoms. The molecule has 0 fully saturated rings. The summed E-state index contributed by atoms with van der Waals surface area (Å²) in [7, 11) is 0. The molecule has 1 aliphatic carbocycles. The molecule has 3 nitrogen and oxygen atoms in total. The second-order valence-corrected chi connectivity index (χ2v) is 16.4. The normalized spacial score (nSPS) is 11.6. The first-order valence-electron chi connectivity index (χ1n) is 19.9. The van der Waals surface area contributed by atoms with Gasteiger partial charge in [0, 0.05) is 24.0 Å². The Morgan fingerprint density at radius 2 is 1.24 bits per heavy atom. The van der Waals surface area contributed by atoms with Crippen molar-refractivity contribution < 1.29 is 9.59 Å². The molecule has 3 rings (SSSR count). The predicted octanol–water partition coefficient (Wildman–Crippen LogP) is 15.1. The number of aromatic nitrogens is 1. The number of aryl methyl sites for hydroxylation is 1. The van der Waals surface area contributed by atoms with Crippen molar-refractivity contribution >= 4 is 17.6 Å². The third-order valence-corrected chi connectivity index (χ3v) is 8.77. The van der Waals surface area contributed by atoms with E-state index < -0.39 is 0 Å². The standard InChI is InChI=1S/C21H23NO.C9H20.C6H14.C5H10O.C4H10.C2H6/c1-13-6-8-15(9-7-13)19-12-18(21(3,4)5)17-10-16(14(2)23)11-20(17)22-19;1-5-7-8-9(3,4)6-2;1-5-6(2,3)4;1-3-4-5(2)6;1-3-4-2;1-2/h6-9,11-12H,10H2,1-5H3;5-8H2,1-4H3;5H2,1-4H3;3-4H2,1-2H3;3-4H2,1-2H3;1-2H3. The van der Waals surface area contributed by atoms with Crippen LogP contribution in [0.25, 0.3) is 17.3 Å². The van der Waals surface area contributed by atoms with Crippen LogP contribution in [-0.4, -0.2) is 16.6 Å². The SMILES string of the molecule is CC.CC(=O)C1=Cc2nc(-c3ccc(C)cc3)cc(C(C)(C)C)c2C1.CCC(C)(C)C.CCCC.CCCC(C)=O.CCCCC(C)(C)CC. The molecule has 1 aromatic heterocycles. The molecule has 3 heteroatoms. The van der Waals surface area contributed by atoms with E-state index >= 15 is 0 Å². The fraction of sp³-hybridized carbons (Fsp3) is 0.681. The van der Waals surface area contributed by atoms with Gasteiger partial charge in [-0.05, 0) is 73.1 Å². The summed E-state index contributed by atoms with van der Waals surface area (Å²) < 4.78 is 0. The second-order valence-electron chi connectivity index (χ2n) is 16.4. The first kappa shape index (κ1) is 51.8. The van der Waals surface area contributed by atoms with Gasteiger partial charge >= 0.3 is 0 Å². The zero-order valence-electron chi connectivity index (χ0n) is 36.8. The maximum Gasteiger partial charge on any atom is 0.156 e. The first-order valence-corrected chi connectivity index (χ1v) is 19.9. The van der Waals surface area contributed by atoms with Gasteiger partial charge in [-0.15, -0.1) is 0 Å². The van der Waals surface area contributed by atoms with Crippen molar-refractivity contribution in [1.82, 2.24) is 4.98 Å². The van der Waals surface area contributed by atoms with Gasteiger partial charge in [0.05, 0.1) is 11.4 Å². The Morgan fingerprint density at radius 1 is 0.740 bits per heavy atom. The monoisotopic (exact) mass is 694 g/mol. The number of carbonyl (C=O) groups excluding carboxylic acids is 2. The lowest BCUT2D eigenvalue weighted by Gasteiger charge is -2.23. The largest absolute Gasteiger partial charge is 0.300 e. The van der Waals surface area contributed by atoms with Crippen LogP contribution in [0.1, 0.15) is 205 Å². The van der Waals surface area contributed by atoms with Crippen molar-refractivity contribution in [3.63, 3.8) is 0 Å². The van der Waals surface area contributed by atoms with Crippen LogP contribution in [0.3, 0.4) is 0 Å². The Hall–Kier alpha value is -2.55. The average molecular weight is 694 g/mol. The third kappa shape index (κ3) is 24.6. The van der Waals surface area contributed by atoms with Gasteiger partial charge < -0.3 is 4.79 Å². The summed E-state index contributed by atoms with van der Waals surface area (Å²) in [6.45, 7) is 40.5. The maximum atomic E-state index is 11.8. The van der Waals surface area contributed by atoms with Crippen LogP contribution in [0.15, 0.2) is 35.9 Å². The average Bonchev–Trinajstić information content (AvgIpc) is 3.50. The van der Waals surface area contributed by atoms with Crippen molar-refractivity contribution in [3.8, 4) is 11.3 Å². The molecule has 0 aliphatic heterocycles. The molecule has 0 atom stereocenters. The maximum absolute atomic E-state index is 11.8. The summed E-state index contributed by atoms with van der Waals surface area (Å²) in [6.07, 6.45) is 13.7. The van der Waals surface area contributed by atoms with Crippen LogP contribution in [0.2, 0.25) is 0 Å². The van der Waals surface area contributed by atoms with Gasteiger partial charge in [-0.3, -0.25) is 4.79 Å². The van der Waals surface area contributed by atoms with Crippen LogP contribution < -0.4 is 0 Å². The van der Waals surface area contributed by atoms with Crippen molar-refractivity contribution in [2.45, 2.75) is 201 Å². The van der Waals surface area contributed by atoms with Crippen LogP contribution in [-0.2, 0) is 21.4 Å². The minimum absolute atomic E-state index is 0.0204. The topological polar surface area (TPSA) is 47.0 Å². The number of hydrogen-bond acceptors (Lipinski definition) is 3. The summed E-state index contributed by atoms with van der Waals surface area (Å²) in [5.74, 6) is 0.428. The van der Waals surface area contributed by atoms with E-state index in [4.69, 9.17) is 4.98 Å². The first-order chi connectivity index (χ1) is 23.1. The molecular weight excluding hydrogens is 611 g/mol. The highest BCUT2D eigenvalue weighted by atomic mass is 16.1. The van der Waals surface area contributed by atoms with Crippen LogP contribution in [0, 0.1) is 17.8 Å². The summed E-state index contributed by atoms with van der Waals surface area (Å²) >= 11 is 0. The van der Waals surface area contributed by atoms with Gasteiger partial charge in [0.25, 0.3) is 0 Å². The summed E-state index contributed by atoms with van der Waals surface area (Å²) in [5, 5.41) is 0. The van der Waals surface area contributed by atoms with Gasteiger partial charge in [0.2, 0.25) is 0 Å². The number of rotatable bonds is 9. The second kappa shape index (κ2) is 27.1. The zero-order valence-corrected chi connectivity index (χ0v) is 36.8. The van der Waals surface area contributed by atoms with Crippen LogP contribution >= 0.6 is 0 Å². The highest BCUT2D eigenvalue weighted by Crippen LogP contribution is 2.36. The molecular formula is C47H83NO2. The van der Waals surface area contributed by atoms with E-state index in [1.165, 1.54) is 61.6 Å². The molecule has 1 aromatic carbocycles. The molecule has 288 valence electrons. The smallest absolute Gasteiger partial charge is 0.156 e. The number of pyridine rings is 1. The molecule has 2 aromatic rings. The molecule has 0 saturated heterocycles. The number of Topliss-reactive ketones (excluding diaryl/α,β-unsaturated/α-hetero) is 2. The molecule has 0 unspecified atom stereocenters. The van der Waals surface area contributed by atoms with Gasteiger partial charge in [0.1, 0.15) is 5.78 Å². The molecule has 50 heavy (non-hydrogen) atoms. The summed E-state index contributed by atoms with van der Waals surface area (Å²) in [4.78, 5) is 26.6. The highest BCUT2D eigenvalue weighted by Gasteiger charge is 2.27. The Balaban J connectivity index is -0.000000674. The van der Waals surface area contributed by atoms with E-state index in [1.807, 2.05) is 26.8 Å². The lowest BCUT2D eigenvalue weighted by Crippen LogP contribution is -2.16. The number of nitrogens with zero attached hydrogens (tertiary/aromatic N) is 1. The number of fused-ring (bicyclic) bond motifs is 1. The van der Waals surface area contributed by atoms with E-state index in [9.17, 15) is 9.59 Å². The number of hydrogen-bond donors (Lipinski definition) is 0. The number of carbonyl (C=O) groups is 2. The van der Waals surface area contributed by atoms with E-state index in [0.717, 1.165) is 35.4 Å². The molecule has 0 amide bonds. The minimum atomic E-state index is 0.0204. The Labute approximate surface area is 313 Å². The molecule has 1 heterocycles. The quantitative estimate of drug-likeness (QED) is 0.263. The van der Waals surface area contributed by atoms with E-state index in [-0.39, 0.29) is 17.0 Å². The minimum Gasteiger partial charge on any atom is -0.300 e. The lowest BCUT2D eigenvalue weighted by atomic mass is 9.82. The molecule has 0 N–H and O–H groups in total. The Kier molecular flexibility index (Phi) is 28.1. The number of unbranched alkanes of at least 4 members (excludes halogenated alkanes) is 2. The lowest BCUT2D eigenvalue weighted by molar-refractivity contribution is -0.117. The van der Waals surface area contributed by atoms with E-state index in [2.05, 4.69) is 127 Å². The fourth-order valence-electron chi connectivity index (χ4n) is 4.25. The predicted molar refractivity (Wildman–Crippen MR) is 226 cm³/mol. The van der Waals surface area contributed by atoms with E-state index in [1.54, 1.807) is 13.8 Å². The van der Waals surface area contributed by atoms with Crippen molar-refractivity contribution in [2.75, 3.05) is 0 Å². The van der Waals surface area contributed by atoms with Gasteiger partial charge in [0.15, 0.2) is 5.78 Å². The van der Waals surface area contributed by atoms with Crippen LogP contribution in [0.4, 0.5) is 0 Å². The third-order valence-electron chi connectivity index (χ3n) is 8.77. The number of allylic oxidation sites excluding steroid dienone is 1. The Morgan fingerprint density at radius 3 is 1.56 bits per heavy atom. The van der Waals surface area contributed by atoms with Gasteiger partial charge in [-0.25, -0.2) is 4.98 Å². The van der Waals surface area contributed by atoms with Gasteiger partial charge in [-0.2, -0.15) is 0 Å². The summed E-state index contributed by atoms with van der Waals surface area (Å²) in [5.41, 5.74) is 8.80. The number of benzene rings is 1. The number of ketones is 2.